The van der Waals surface area contributed by atoms with E-state index in [0.717, 1.165) is 34.0 Å². The first-order valence-electron chi connectivity index (χ1n) is 18.8. The summed E-state index contributed by atoms with van der Waals surface area (Å²) in [7, 11) is 0. The molecule has 0 N–H and O–H groups in total. The van der Waals surface area contributed by atoms with E-state index in [4.69, 9.17) is 4.74 Å². The molecule has 0 spiro atoms. The van der Waals surface area contributed by atoms with Gasteiger partial charge in [0, 0.05) is 49.9 Å². The van der Waals surface area contributed by atoms with E-state index in [-0.39, 0.29) is 0 Å². The lowest BCUT2D eigenvalue weighted by Crippen LogP contribution is -1.99. The summed E-state index contributed by atoms with van der Waals surface area (Å²) in [4.78, 5) is 0. The summed E-state index contributed by atoms with van der Waals surface area (Å²) >= 11 is 0. The number of hydrogen-bond donors (Lipinski definition) is 0. The molecule has 3 nitrogen and oxygen atoms in total. The molecule has 3 heterocycles. The normalized spacial score (nSPS) is 12.1. The third-order valence-corrected chi connectivity index (χ3v) is 11.5. The van der Waals surface area contributed by atoms with Gasteiger partial charge < -0.3 is 13.9 Å². The molecule has 0 radical (unpaired) electrons. The number of benzene rings is 9. The summed E-state index contributed by atoms with van der Waals surface area (Å²) in [6.45, 7) is 0. The molecule has 9 aromatic carbocycles. The van der Waals surface area contributed by atoms with E-state index in [0.29, 0.717) is 0 Å². The van der Waals surface area contributed by atoms with Crippen LogP contribution in [0.4, 0.5) is 0 Å². The predicted molar refractivity (Wildman–Crippen MR) is 229 cm³/mol. The van der Waals surface area contributed by atoms with Crippen molar-refractivity contribution in [2.75, 3.05) is 0 Å². The Morgan fingerprint density at radius 2 is 0.836 bits per heavy atom. The second-order valence-corrected chi connectivity index (χ2v) is 14.5. The third kappa shape index (κ3) is 4.44. The molecule has 256 valence electrons. The van der Waals surface area contributed by atoms with Crippen molar-refractivity contribution in [3.8, 4) is 56.3 Å². The van der Waals surface area contributed by atoms with Gasteiger partial charge in [-0.05, 0) is 81.7 Å². The van der Waals surface area contributed by atoms with E-state index in [9.17, 15) is 0 Å². The second-order valence-electron chi connectivity index (χ2n) is 14.5. The number of ether oxygens (including phenoxy) is 1. The maximum absolute atomic E-state index is 6.66. The van der Waals surface area contributed by atoms with E-state index in [1.54, 1.807) is 0 Å². The maximum Gasteiger partial charge on any atom is 0.138 e. The Bertz CT molecular complexity index is 3220. The molecular formula is C52H32N2O. The van der Waals surface area contributed by atoms with Gasteiger partial charge in [0.2, 0.25) is 0 Å². The number of rotatable bonds is 4. The molecule has 0 amide bonds. The number of hydrogen-bond acceptors (Lipinski definition) is 1. The topological polar surface area (TPSA) is 19.1 Å². The SMILES string of the molecule is c1ccc(-c2ccc3c4ccc(-c5ccccc5)cc4n(-c4ccc(-n5c6ccccc6c6c7cccc8c7c(cc65)Oc5ccccc5-8)cc4)c3c2)cc1. The van der Waals surface area contributed by atoms with Gasteiger partial charge in [0.1, 0.15) is 11.5 Å². The van der Waals surface area contributed by atoms with Crippen molar-refractivity contribution in [3.63, 3.8) is 0 Å². The minimum Gasteiger partial charge on any atom is -0.456 e. The summed E-state index contributed by atoms with van der Waals surface area (Å²) in [5.41, 5.74) is 14.1. The fourth-order valence-electron chi connectivity index (χ4n) is 9.05. The number of aromatic nitrogens is 2. The molecule has 0 bridgehead atoms. The molecule has 0 atom stereocenters. The van der Waals surface area contributed by atoms with Crippen LogP contribution in [-0.2, 0) is 0 Å². The average molecular weight is 701 g/mol. The van der Waals surface area contributed by atoms with E-state index >= 15 is 0 Å². The Morgan fingerprint density at radius 1 is 0.291 bits per heavy atom. The zero-order valence-corrected chi connectivity index (χ0v) is 29.8. The molecule has 1 aliphatic heterocycles. The van der Waals surface area contributed by atoms with Crippen LogP contribution in [0.25, 0.3) is 99.1 Å². The molecule has 0 fully saturated rings. The highest BCUT2D eigenvalue weighted by molar-refractivity contribution is 6.25. The molecule has 2 aromatic heterocycles. The summed E-state index contributed by atoms with van der Waals surface area (Å²) in [5.74, 6) is 1.79. The monoisotopic (exact) mass is 700 g/mol. The van der Waals surface area contributed by atoms with Crippen molar-refractivity contribution < 1.29 is 4.74 Å². The molecule has 0 saturated heterocycles. The van der Waals surface area contributed by atoms with Gasteiger partial charge in [-0.2, -0.15) is 0 Å². The van der Waals surface area contributed by atoms with Crippen LogP contribution >= 0.6 is 0 Å². The van der Waals surface area contributed by atoms with Crippen LogP contribution in [0.3, 0.4) is 0 Å². The average Bonchev–Trinajstić information content (AvgIpc) is 3.76. The van der Waals surface area contributed by atoms with Crippen LogP contribution < -0.4 is 4.74 Å². The minimum atomic E-state index is 0.894. The highest BCUT2D eigenvalue weighted by atomic mass is 16.5. The van der Waals surface area contributed by atoms with E-state index in [2.05, 4.69) is 197 Å². The van der Waals surface area contributed by atoms with Gasteiger partial charge >= 0.3 is 0 Å². The molecule has 55 heavy (non-hydrogen) atoms. The first-order valence-corrected chi connectivity index (χ1v) is 18.8. The molecule has 0 saturated carbocycles. The summed E-state index contributed by atoms with van der Waals surface area (Å²) < 4.78 is 11.5. The van der Waals surface area contributed by atoms with E-state index in [1.807, 2.05) is 6.07 Å². The molecule has 1 aliphatic rings. The standard InChI is InChI=1S/C52H32N2O/c1-3-12-33(13-4-1)35-22-28-39-40-29-23-36(34-14-5-2-6-15-34)31-47(40)54(46(39)30-35)38-26-24-37(25-27-38)53-45-20-9-7-17-43(45)51-44-19-11-18-42-41-16-8-10-21-49(41)55-50(52(42)44)32-48(51)53/h1-32H. The van der Waals surface area contributed by atoms with Crippen molar-refractivity contribution in [3.05, 3.63) is 194 Å². The summed E-state index contributed by atoms with van der Waals surface area (Å²) in [6.07, 6.45) is 0. The van der Waals surface area contributed by atoms with Crippen LogP contribution in [0.1, 0.15) is 0 Å². The molecule has 0 unspecified atom stereocenters. The zero-order valence-electron chi connectivity index (χ0n) is 29.8. The Balaban J connectivity index is 1.08. The van der Waals surface area contributed by atoms with Crippen LogP contribution in [-0.4, -0.2) is 9.13 Å². The lowest BCUT2D eigenvalue weighted by atomic mass is 9.92. The molecule has 0 aliphatic carbocycles. The number of para-hydroxylation sites is 2. The van der Waals surface area contributed by atoms with Crippen molar-refractivity contribution >= 4 is 54.4 Å². The zero-order chi connectivity index (χ0) is 36.0. The van der Waals surface area contributed by atoms with Gasteiger partial charge in [0.25, 0.3) is 0 Å². The van der Waals surface area contributed by atoms with Crippen LogP contribution in [0, 0.1) is 0 Å². The first kappa shape index (κ1) is 30.1. The molecule has 12 rings (SSSR count). The fraction of sp³-hybridized carbons (Fsp3) is 0. The van der Waals surface area contributed by atoms with Crippen LogP contribution in [0.2, 0.25) is 0 Å². The van der Waals surface area contributed by atoms with Gasteiger partial charge in [0.15, 0.2) is 0 Å². The number of nitrogens with zero attached hydrogens (tertiary/aromatic N) is 2. The second kappa shape index (κ2) is 11.6. The molecule has 3 heteroatoms. The Labute approximate surface area is 317 Å². The predicted octanol–water partition coefficient (Wildman–Crippen LogP) is 14.1. The highest BCUT2D eigenvalue weighted by Crippen LogP contribution is 2.50. The van der Waals surface area contributed by atoms with Gasteiger partial charge in [-0.3, -0.25) is 0 Å². The van der Waals surface area contributed by atoms with E-state index < -0.39 is 0 Å². The highest BCUT2D eigenvalue weighted by Gasteiger charge is 2.24. The van der Waals surface area contributed by atoms with Crippen LogP contribution in [0.5, 0.6) is 11.5 Å². The Morgan fingerprint density at radius 3 is 1.51 bits per heavy atom. The van der Waals surface area contributed by atoms with Crippen molar-refractivity contribution in [2.24, 2.45) is 0 Å². The fourth-order valence-corrected chi connectivity index (χ4v) is 9.05. The smallest absolute Gasteiger partial charge is 0.138 e. The quantitative estimate of drug-likeness (QED) is 0.179. The van der Waals surface area contributed by atoms with Gasteiger partial charge in [-0.15, -0.1) is 0 Å². The van der Waals surface area contributed by atoms with Gasteiger partial charge in [-0.1, -0.05) is 140 Å². The first-order chi connectivity index (χ1) is 27.3. The van der Waals surface area contributed by atoms with Gasteiger partial charge in [0.05, 0.1) is 22.1 Å². The molecular weight excluding hydrogens is 669 g/mol. The van der Waals surface area contributed by atoms with Gasteiger partial charge in [-0.25, -0.2) is 0 Å². The minimum absolute atomic E-state index is 0.894. The summed E-state index contributed by atoms with van der Waals surface area (Å²) in [5, 5.41) is 7.33. The lowest BCUT2D eigenvalue weighted by Gasteiger charge is -2.22. The third-order valence-electron chi connectivity index (χ3n) is 11.5. The van der Waals surface area contributed by atoms with E-state index in [1.165, 1.54) is 76.7 Å². The Hall–Kier alpha value is -7.36. The number of fused-ring (bicyclic) bond motifs is 9. The van der Waals surface area contributed by atoms with Crippen molar-refractivity contribution in [1.29, 1.82) is 0 Å². The maximum atomic E-state index is 6.66. The summed E-state index contributed by atoms with van der Waals surface area (Å²) in [6, 6.07) is 70.2. The lowest BCUT2D eigenvalue weighted by molar-refractivity contribution is 0.487. The van der Waals surface area contributed by atoms with Crippen molar-refractivity contribution in [1.82, 2.24) is 9.13 Å². The molecule has 11 aromatic rings. The van der Waals surface area contributed by atoms with Crippen LogP contribution in [0.15, 0.2) is 194 Å². The van der Waals surface area contributed by atoms with Crippen molar-refractivity contribution in [2.45, 2.75) is 0 Å². The largest absolute Gasteiger partial charge is 0.456 e. The Kier molecular flexibility index (Phi) is 6.34.